The van der Waals surface area contributed by atoms with E-state index in [-0.39, 0.29) is 6.10 Å². The molecule has 0 saturated carbocycles. The molecule has 6 rings (SSSR count). The molecule has 4 aromatic rings. The number of rotatable bonds is 2. The molecule has 1 aromatic heterocycles. The molecule has 0 fully saturated rings. The van der Waals surface area contributed by atoms with E-state index < -0.39 is 0 Å². The van der Waals surface area contributed by atoms with Crippen LogP contribution in [0.25, 0.3) is 28.0 Å². The summed E-state index contributed by atoms with van der Waals surface area (Å²) >= 11 is 3.54. The van der Waals surface area contributed by atoms with Crippen molar-refractivity contribution in [3.63, 3.8) is 0 Å². The highest BCUT2D eigenvalue weighted by Crippen LogP contribution is 2.42. The van der Waals surface area contributed by atoms with E-state index in [2.05, 4.69) is 97.9 Å². The predicted octanol–water partition coefficient (Wildman–Crippen LogP) is 5.81. The van der Waals surface area contributed by atoms with E-state index in [0.717, 1.165) is 44.7 Å². The summed E-state index contributed by atoms with van der Waals surface area (Å²) in [4.78, 5) is 4.72. The summed E-state index contributed by atoms with van der Waals surface area (Å²) in [6.45, 7) is 0. The number of aromatic nitrogens is 2. The van der Waals surface area contributed by atoms with Crippen molar-refractivity contribution < 1.29 is 4.74 Å². The maximum absolute atomic E-state index is 6.17. The standard InChI is InChI=1S/C26H20BrN3O/c1-28-26-29(18-12-10-17(27)11-13-18)22-7-3-4-8-23(22)30(26)19-14-15-25-21(16-19)20-6-2-5-9-24(20)31-25/h2-14,16,25H,15H2,1H3. The highest BCUT2D eigenvalue weighted by atomic mass is 79.9. The fourth-order valence-corrected chi connectivity index (χ4v) is 4.87. The first-order chi connectivity index (χ1) is 15.2. The van der Waals surface area contributed by atoms with Gasteiger partial charge in [-0.2, -0.15) is 0 Å². The summed E-state index contributed by atoms with van der Waals surface area (Å²) in [5.74, 6) is 0.969. The first kappa shape index (κ1) is 18.5. The van der Waals surface area contributed by atoms with Crippen molar-refractivity contribution >= 4 is 38.2 Å². The summed E-state index contributed by atoms with van der Waals surface area (Å²) in [5, 5.41) is 0. The Bertz CT molecular complexity index is 1450. The molecule has 1 aliphatic heterocycles. The van der Waals surface area contributed by atoms with E-state index in [4.69, 9.17) is 9.73 Å². The van der Waals surface area contributed by atoms with Crippen LogP contribution in [0.2, 0.25) is 0 Å². The number of benzene rings is 3. The molecule has 0 N–H and O–H groups in total. The maximum atomic E-state index is 6.17. The molecular formula is C26H20BrN3O. The monoisotopic (exact) mass is 469 g/mol. The molecular weight excluding hydrogens is 450 g/mol. The minimum atomic E-state index is 0.0867. The first-order valence-electron chi connectivity index (χ1n) is 10.3. The average Bonchev–Trinajstić information content (AvgIpc) is 3.34. The predicted molar refractivity (Wildman–Crippen MR) is 128 cm³/mol. The van der Waals surface area contributed by atoms with E-state index in [1.165, 1.54) is 11.1 Å². The zero-order chi connectivity index (χ0) is 20.9. The number of ether oxygens (including phenoxy) is 1. The van der Waals surface area contributed by atoms with Crippen LogP contribution in [0.3, 0.4) is 0 Å². The zero-order valence-electron chi connectivity index (χ0n) is 17.0. The molecule has 0 radical (unpaired) electrons. The van der Waals surface area contributed by atoms with E-state index >= 15 is 0 Å². The van der Waals surface area contributed by atoms with Crippen molar-refractivity contribution in [1.29, 1.82) is 0 Å². The molecule has 31 heavy (non-hydrogen) atoms. The third kappa shape index (κ3) is 2.84. The first-order valence-corrected chi connectivity index (χ1v) is 11.1. The van der Waals surface area contributed by atoms with Gasteiger partial charge in [-0.3, -0.25) is 14.1 Å². The Morgan fingerprint density at radius 2 is 1.61 bits per heavy atom. The van der Waals surface area contributed by atoms with E-state index in [1.54, 1.807) is 0 Å². The summed E-state index contributed by atoms with van der Waals surface area (Å²) in [5.41, 5.74) is 7.76. The third-order valence-electron chi connectivity index (χ3n) is 5.97. The minimum Gasteiger partial charge on any atom is -0.485 e. The molecule has 0 amide bonds. The van der Waals surface area contributed by atoms with E-state index in [0.29, 0.717) is 0 Å². The lowest BCUT2D eigenvalue weighted by molar-refractivity contribution is 0.279. The molecule has 0 spiro atoms. The van der Waals surface area contributed by atoms with Crippen LogP contribution in [0.4, 0.5) is 0 Å². The van der Waals surface area contributed by atoms with Crippen LogP contribution in [0.15, 0.2) is 94.4 Å². The lowest BCUT2D eigenvalue weighted by Crippen LogP contribution is -2.25. The normalized spacial score (nSPS) is 17.7. The molecule has 1 unspecified atom stereocenters. The number of hydrogen-bond donors (Lipinski definition) is 0. The zero-order valence-corrected chi connectivity index (χ0v) is 18.6. The van der Waals surface area contributed by atoms with Gasteiger partial charge < -0.3 is 4.74 Å². The van der Waals surface area contributed by atoms with Crippen LogP contribution in [-0.2, 0) is 0 Å². The number of fused-ring (bicyclic) bond motifs is 4. The van der Waals surface area contributed by atoms with Crippen molar-refractivity contribution in [1.82, 2.24) is 9.13 Å². The molecule has 2 heterocycles. The van der Waals surface area contributed by atoms with Crippen LogP contribution in [0, 0.1) is 0 Å². The van der Waals surface area contributed by atoms with Gasteiger partial charge >= 0.3 is 0 Å². The minimum absolute atomic E-state index is 0.0867. The van der Waals surface area contributed by atoms with Crippen LogP contribution >= 0.6 is 15.9 Å². The van der Waals surface area contributed by atoms with E-state index in [1.807, 2.05) is 19.2 Å². The van der Waals surface area contributed by atoms with E-state index in [9.17, 15) is 0 Å². The molecule has 4 nitrogen and oxygen atoms in total. The lowest BCUT2D eigenvalue weighted by atomic mass is 9.95. The maximum Gasteiger partial charge on any atom is 0.215 e. The second kappa shape index (κ2) is 7.13. The average molecular weight is 470 g/mol. The molecule has 152 valence electrons. The highest BCUT2D eigenvalue weighted by molar-refractivity contribution is 9.10. The van der Waals surface area contributed by atoms with Gasteiger partial charge in [0.25, 0.3) is 0 Å². The number of halogens is 1. The Morgan fingerprint density at radius 3 is 2.39 bits per heavy atom. The number of hydrogen-bond acceptors (Lipinski definition) is 2. The number of nitrogens with zero attached hydrogens (tertiary/aromatic N) is 3. The van der Waals surface area contributed by atoms with Gasteiger partial charge in [0, 0.05) is 40.5 Å². The molecule has 1 aliphatic carbocycles. The SMILES string of the molecule is CN=c1n(C2=CCC3Oc4ccccc4C3=C2)c2ccccc2n1-c1ccc(Br)cc1. The van der Waals surface area contributed by atoms with Crippen molar-refractivity contribution in [2.24, 2.45) is 4.99 Å². The summed E-state index contributed by atoms with van der Waals surface area (Å²) < 4.78 is 11.7. The molecule has 1 atom stereocenters. The Balaban J connectivity index is 1.60. The van der Waals surface area contributed by atoms with Crippen LogP contribution in [-0.4, -0.2) is 22.3 Å². The van der Waals surface area contributed by atoms with Crippen LogP contribution in [0.5, 0.6) is 5.75 Å². The van der Waals surface area contributed by atoms with Crippen molar-refractivity contribution in [2.45, 2.75) is 12.5 Å². The van der Waals surface area contributed by atoms with Crippen LogP contribution < -0.4 is 10.4 Å². The fraction of sp³-hybridized carbons (Fsp3) is 0.115. The molecule has 0 saturated heterocycles. The Morgan fingerprint density at radius 1 is 0.903 bits per heavy atom. The van der Waals surface area contributed by atoms with Gasteiger partial charge in [-0.1, -0.05) is 52.3 Å². The Labute approximate surface area is 188 Å². The lowest BCUT2D eigenvalue weighted by Gasteiger charge is -2.18. The van der Waals surface area contributed by atoms with Gasteiger partial charge in [0.15, 0.2) is 0 Å². The fourth-order valence-electron chi connectivity index (χ4n) is 4.60. The molecule has 3 aromatic carbocycles. The van der Waals surface area contributed by atoms with Gasteiger partial charge in [-0.05, 0) is 48.5 Å². The van der Waals surface area contributed by atoms with Crippen LogP contribution in [0.1, 0.15) is 12.0 Å². The van der Waals surface area contributed by atoms with Gasteiger partial charge in [0.2, 0.25) is 5.62 Å². The second-order valence-corrected chi connectivity index (χ2v) is 8.64. The molecule has 5 heteroatoms. The summed E-state index contributed by atoms with van der Waals surface area (Å²) in [7, 11) is 1.85. The summed E-state index contributed by atoms with van der Waals surface area (Å²) in [6.07, 6.45) is 5.44. The number of para-hydroxylation sites is 3. The largest absolute Gasteiger partial charge is 0.485 e. The van der Waals surface area contributed by atoms with Crippen molar-refractivity contribution in [2.75, 3.05) is 7.05 Å². The topological polar surface area (TPSA) is 31.4 Å². The van der Waals surface area contributed by atoms with Crippen molar-refractivity contribution in [3.05, 3.63) is 101 Å². The highest BCUT2D eigenvalue weighted by Gasteiger charge is 2.30. The second-order valence-electron chi connectivity index (χ2n) is 7.73. The van der Waals surface area contributed by atoms with Crippen molar-refractivity contribution in [3.8, 4) is 11.4 Å². The molecule has 0 bridgehead atoms. The third-order valence-corrected chi connectivity index (χ3v) is 6.49. The van der Waals surface area contributed by atoms with Gasteiger partial charge in [0.1, 0.15) is 11.9 Å². The molecule has 2 aliphatic rings. The Hall–Kier alpha value is -3.31. The number of allylic oxidation sites excluding steroid dienone is 2. The van der Waals surface area contributed by atoms with Gasteiger partial charge in [-0.15, -0.1) is 0 Å². The smallest absolute Gasteiger partial charge is 0.215 e. The summed E-state index contributed by atoms with van der Waals surface area (Å²) in [6, 6.07) is 25.1. The van der Waals surface area contributed by atoms with Gasteiger partial charge in [-0.25, -0.2) is 0 Å². The Kier molecular flexibility index (Phi) is 4.25. The quantitative estimate of drug-likeness (QED) is 0.364. The number of imidazole rings is 1. The van der Waals surface area contributed by atoms with Gasteiger partial charge in [0.05, 0.1) is 11.0 Å².